The molecule has 1 aromatic heterocycles. The molecule has 0 aliphatic heterocycles. The van der Waals surface area contributed by atoms with E-state index in [1.165, 1.54) is 23.5 Å². The largest absolute Gasteiger partial charge is 0.416 e. The summed E-state index contributed by atoms with van der Waals surface area (Å²) in [4.78, 5) is 0.698. The number of aryl methyl sites for hydroxylation is 1. The van der Waals surface area contributed by atoms with Gasteiger partial charge < -0.3 is 5.11 Å². The van der Waals surface area contributed by atoms with Gasteiger partial charge in [0.1, 0.15) is 6.10 Å². The van der Waals surface area contributed by atoms with Crippen molar-refractivity contribution >= 4 is 27.3 Å². The standard InChI is InChI=1S/C13H10BrF3OS/c1-7-6-10(19-12(7)14)11(18)8-2-4-9(5-3-8)13(15,16)17/h2-6,11,18H,1H3. The van der Waals surface area contributed by atoms with E-state index in [2.05, 4.69) is 15.9 Å². The Morgan fingerprint density at radius 2 is 1.79 bits per heavy atom. The zero-order chi connectivity index (χ0) is 14.2. The molecule has 0 saturated heterocycles. The van der Waals surface area contributed by atoms with Crippen LogP contribution in [-0.4, -0.2) is 5.11 Å². The lowest BCUT2D eigenvalue weighted by Crippen LogP contribution is -2.05. The summed E-state index contributed by atoms with van der Waals surface area (Å²) >= 11 is 4.72. The lowest BCUT2D eigenvalue weighted by molar-refractivity contribution is -0.137. The minimum atomic E-state index is -4.36. The van der Waals surface area contributed by atoms with Gasteiger partial charge in [0.05, 0.1) is 9.35 Å². The normalized spacial score (nSPS) is 13.6. The van der Waals surface area contributed by atoms with Crippen LogP contribution in [0.3, 0.4) is 0 Å². The second-order valence-electron chi connectivity index (χ2n) is 4.13. The fourth-order valence-electron chi connectivity index (χ4n) is 1.64. The molecule has 1 heterocycles. The maximum atomic E-state index is 12.4. The van der Waals surface area contributed by atoms with Gasteiger partial charge in [-0.05, 0) is 52.2 Å². The van der Waals surface area contributed by atoms with Crippen LogP contribution in [0, 0.1) is 6.92 Å². The molecule has 2 aromatic rings. The lowest BCUT2D eigenvalue weighted by atomic mass is 10.1. The average Bonchev–Trinajstić information content (AvgIpc) is 2.68. The van der Waals surface area contributed by atoms with Gasteiger partial charge in [0.2, 0.25) is 0 Å². The van der Waals surface area contributed by atoms with Crippen molar-refractivity contribution in [1.82, 2.24) is 0 Å². The van der Waals surface area contributed by atoms with Gasteiger partial charge in [0, 0.05) is 4.88 Å². The van der Waals surface area contributed by atoms with Crippen LogP contribution in [-0.2, 0) is 6.18 Å². The van der Waals surface area contributed by atoms with Gasteiger partial charge in [0.15, 0.2) is 0 Å². The number of alkyl halides is 3. The smallest absolute Gasteiger partial charge is 0.383 e. The quantitative estimate of drug-likeness (QED) is 0.814. The third-order valence-corrected chi connectivity index (χ3v) is 4.89. The first kappa shape index (κ1) is 14.6. The van der Waals surface area contributed by atoms with E-state index >= 15 is 0 Å². The minimum absolute atomic E-state index is 0.446. The van der Waals surface area contributed by atoms with Crippen molar-refractivity contribution in [2.75, 3.05) is 0 Å². The molecule has 102 valence electrons. The molecule has 1 nitrogen and oxygen atoms in total. The number of hydrogen-bond acceptors (Lipinski definition) is 2. The van der Waals surface area contributed by atoms with Crippen molar-refractivity contribution in [3.8, 4) is 0 Å². The van der Waals surface area contributed by atoms with E-state index in [-0.39, 0.29) is 0 Å². The van der Waals surface area contributed by atoms with Crippen LogP contribution in [0.4, 0.5) is 13.2 Å². The summed E-state index contributed by atoms with van der Waals surface area (Å²) in [5.41, 5.74) is 0.722. The average molecular weight is 351 g/mol. The number of aliphatic hydroxyl groups excluding tert-OH is 1. The fraction of sp³-hybridized carbons (Fsp3) is 0.231. The molecule has 0 amide bonds. The Hall–Kier alpha value is -0.850. The maximum absolute atomic E-state index is 12.4. The second-order valence-corrected chi connectivity index (χ2v) is 6.53. The van der Waals surface area contributed by atoms with Gasteiger partial charge in [-0.25, -0.2) is 0 Å². The summed E-state index contributed by atoms with van der Waals surface area (Å²) in [6, 6.07) is 6.38. The zero-order valence-corrected chi connectivity index (χ0v) is 12.2. The Kier molecular flexibility index (Phi) is 4.03. The minimum Gasteiger partial charge on any atom is -0.383 e. The van der Waals surface area contributed by atoms with Crippen LogP contribution < -0.4 is 0 Å². The van der Waals surface area contributed by atoms with E-state index in [0.717, 1.165) is 21.5 Å². The third-order valence-electron chi connectivity index (χ3n) is 2.70. The predicted molar refractivity (Wildman–Crippen MR) is 72.3 cm³/mol. The van der Waals surface area contributed by atoms with Crippen LogP contribution in [0.1, 0.15) is 27.7 Å². The van der Waals surface area contributed by atoms with Gasteiger partial charge in [-0.15, -0.1) is 11.3 Å². The van der Waals surface area contributed by atoms with Gasteiger partial charge in [-0.2, -0.15) is 13.2 Å². The molecule has 0 aliphatic rings. The first-order chi connectivity index (χ1) is 8.79. The highest BCUT2D eigenvalue weighted by Gasteiger charge is 2.30. The summed E-state index contributed by atoms with van der Waals surface area (Å²) in [5.74, 6) is 0. The highest BCUT2D eigenvalue weighted by atomic mass is 79.9. The number of thiophene rings is 1. The van der Waals surface area contributed by atoms with Gasteiger partial charge in [-0.3, -0.25) is 0 Å². The van der Waals surface area contributed by atoms with Crippen LogP contribution >= 0.6 is 27.3 Å². The monoisotopic (exact) mass is 350 g/mol. The Morgan fingerprint density at radius 1 is 1.21 bits per heavy atom. The summed E-state index contributed by atoms with van der Waals surface area (Å²) in [6.07, 6.45) is -5.26. The van der Waals surface area contributed by atoms with Gasteiger partial charge in [-0.1, -0.05) is 12.1 Å². The molecule has 0 saturated carbocycles. The number of benzene rings is 1. The molecule has 0 radical (unpaired) electrons. The molecule has 0 spiro atoms. The molecule has 19 heavy (non-hydrogen) atoms. The van der Waals surface area contributed by atoms with Gasteiger partial charge in [0.25, 0.3) is 0 Å². The van der Waals surface area contributed by atoms with E-state index in [1.54, 1.807) is 0 Å². The van der Waals surface area contributed by atoms with Crippen LogP contribution in [0.15, 0.2) is 34.1 Å². The van der Waals surface area contributed by atoms with E-state index in [9.17, 15) is 18.3 Å². The van der Waals surface area contributed by atoms with Gasteiger partial charge >= 0.3 is 6.18 Å². The molecule has 1 aromatic carbocycles. The van der Waals surface area contributed by atoms with E-state index in [0.29, 0.717) is 10.4 Å². The fourth-order valence-corrected chi connectivity index (χ4v) is 3.22. The molecular weight excluding hydrogens is 341 g/mol. The second kappa shape index (κ2) is 5.26. The van der Waals surface area contributed by atoms with Crippen LogP contribution in [0.25, 0.3) is 0 Å². The Bertz CT molecular complexity index is 555. The van der Waals surface area contributed by atoms with Crippen LogP contribution in [0.2, 0.25) is 0 Å². The molecule has 1 N–H and O–H groups in total. The van der Waals surface area contributed by atoms with Crippen molar-refractivity contribution in [2.24, 2.45) is 0 Å². The highest BCUT2D eigenvalue weighted by molar-refractivity contribution is 9.11. The van der Waals surface area contributed by atoms with Crippen LogP contribution in [0.5, 0.6) is 0 Å². The number of aliphatic hydroxyl groups is 1. The molecule has 0 fully saturated rings. The van der Waals surface area contributed by atoms with Crippen molar-refractivity contribution in [1.29, 1.82) is 0 Å². The Morgan fingerprint density at radius 3 is 2.21 bits per heavy atom. The molecule has 0 aliphatic carbocycles. The number of halogens is 4. The highest BCUT2D eigenvalue weighted by Crippen LogP contribution is 2.35. The van der Waals surface area contributed by atoms with E-state index in [1.807, 2.05) is 13.0 Å². The van der Waals surface area contributed by atoms with Crippen molar-refractivity contribution < 1.29 is 18.3 Å². The lowest BCUT2D eigenvalue weighted by Gasteiger charge is -2.11. The zero-order valence-electron chi connectivity index (χ0n) is 9.83. The predicted octanol–water partition coefficient (Wildman–Crippen LogP) is 4.92. The summed E-state index contributed by atoms with van der Waals surface area (Å²) < 4.78 is 38.2. The summed E-state index contributed by atoms with van der Waals surface area (Å²) in [7, 11) is 0. The molecule has 1 atom stereocenters. The third kappa shape index (κ3) is 3.19. The van der Waals surface area contributed by atoms with E-state index < -0.39 is 17.8 Å². The Labute approximate surface area is 120 Å². The van der Waals surface area contributed by atoms with E-state index in [4.69, 9.17) is 0 Å². The van der Waals surface area contributed by atoms with Crippen molar-refractivity contribution in [3.63, 3.8) is 0 Å². The Balaban J connectivity index is 2.27. The molecule has 6 heteroatoms. The van der Waals surface area contributed by atoms with Crippen molar-refractivity contribution in [2.45, 2.75) is 19.2 Å². The first-order valence-electron chi connectivity index (χ1n) is 5.40. The first-order valence-corrected chi connectivity index (χ1v) is 7.01. The SMILES string of the molecule is Cc1cc(C(O)c2ccc(C(F)(F)F)cc2)sc1Br. The number of rotatable bonds is 2. The molecule has 2 rings (SSSR count). The van der Waals surface area contributed by atoms with Crippen molar-refractivity contribution in [3.05, 3.63) is 55.7 Å². The topological polar surface area (TPSA) is 20.2 Å². The molecular formula is C13H10BrF3OS. The molecule has 1 unspecified atom stereocenters. The molecule has 0 bridgehead atoms. The maximum Gasteiger partial charge on any atom is 0.416 e. The number of hydrogen-bond donors (Lipinski definition) is 1. The summed E-state index contributed by atoms with van der Waals surface area (Å²) in [6.45, 7) is 1.89. The summed E-state index contributed by atoms with van der Waals surface area (Å²) in [5, 5.41) is 10.1.